The van der Waals surface area contributed by atoms with E-state index in [9.17, 15) is 13.6 Å². The molecule has 0 amide bonds. The number of hydrogen-bond acceptors (Lipinski definition) is 4. The zero-order valence-electron chi connectivity index (χ0n) is 9.57. The summed E-state index contributed by atoms with van der Waals surface area (Å²) in [7, 11) is 1.38. The SMILES string of the molecule is CCOC(=O)Cc1nc(C(F)F)ccc1OC. The van der Waals surface area contributed by atoms with E-state index in [2.05, 4.69) is 4.98 Å². The van der Waals surface area contributed by atoms with Gasteiger partial charge in [-0.1, -0.05) is 0 Å². The Labute approximate surface area is 97.6 Å². The van der Waals surface area contributed by atoms with Crippen molar-refractivity contribution < 1.29 is 23.0 Å². The smallest absolute Gasteiger partial charge is 0.312 e. The van der Waals surface area contributed by atoms with Crippen molar-refractivity contribution in [3.63, 3.8) is 0 Å². The maximum atomic E-state index is 12.4. The predicted molar refractivity (Wildman–Crippen MR) is 56.1 cm³/mol. The minimum atomic E-state index is -2.68. The molecule has 0 aromatic carbocycles. The summed E-state index contributed by atoms with van der Waals surface area (Å²) in [5.41, 5.74) is -0.228. The third-order valence-corrected chi connectivity index (χ3v) is 2.01. The monoisotopic (exact) mass is 245 g/mol. The van der Waals surface area contributed by atoms with E-state index < -0.39 is 12.4 Å². The van der Waals surface area contributed by atoms with Gasteiger partial charge in [0, 0.05) is 0 Å². The van der Waals surface area contributed by atoms with E-state index in [1.54, 1.807) is 6.92 Å². The van der Waals surface area contributed by atoms with Crippen molar-refractivity contribution in [2.24, 2.45) is 0 Å². The quantitative estimate of drug-likeness (QED) is 0.745. The summed E-state index contributed by atoms with van der Waals surface area (Å²) in [5, 5.41) is 0. The molecule has 4 nitrogen and oxygen atoms in total. The fourth-order valence-corrected chi connectivity index (χ4v) is 1.29. The Morgan fingerprint density at radius 1 is 1.47 bits per heavy atom. The van der Waals surface area contributed by atoms with Gasteiger partial charge in [-0.3, -0.25) is 4.79 Å². The molecule has 17 heavy (non-hydrogen) atoms. The van der Waals surface area contributed by atoms with Crippen LogP contribution in [-0.2, 0) is 16.0 Å². The minimum absolute atomic E-state index is 0.156. The number of carbonyl (C=O) groups is 1. The van der Waals surface area contributed by atoms with Crippen LogP contribution in [-0.4, -0.2) is 24.7 Å². The average Bonchev–Trinajstić information content (AvgIpc) is 2.29. The van der Waals surface area contributed by atoms with Gasteiger partial charge in [-0.15, -0.1) is 0 Å². The average molecular weight is 245 g/mol. The summed E-state index contributed by atoms with van der Waals surface area (Å²) in [5.74, 6) is -0.229. The molecule has 0 radical (unpaired) electrons. The van der Waals surface area contributed by atoms with Gasteiger partial charge < -0.3 is 9.47 Å². The van der Waals surface area contributed by atoms with Gasteiger partial charge in [0.25, 0.3) is 6.43 Å². The molecule has 0 unspecified atom stereocenters. The summed E-state index contributed by atoms with van der Waals surface area (Å²) in [4.78, 5) is 14.9. The van der Waals surface area contributed by atoms with Crippen LogP contribution in [0, 0.1) is 0 Å². The van der Waals surface area contributed by atoms with Crippen LogP contribution in [0.4, 0.5) is 8.78 Å². The van der Waals surface area contributed by atoms with Crippen molar-refractivity contribution in [1.29, 1.82) is 0 Å². The number of methoxy groups -OCH3 is 1. The Kier molecular flexibility index (Phi) is 4.81. The molecule has 0 fully saturated rings. The first-order valence-electron chi connectivity index (χ1n) is 5.06. The molecule has 0 atom stereocenters. The predicted octanol–water partition coefficient (Wildman–Crippen LogP) is 2.13. The van der Waals surface area contributed by atoms with Crippen LogP contribution in [0.2, 0.25) is 0 Å². The minimum Gasteiger partial charge on any atom is -0.495 e. The molecule has 1 rings (SSSR count). The standard InChI is InChI=1S/C11H13F2NO3/c1-3-17-10(15)6-8-9(16-2)5-4-7(14-8)11(12)13/h4-5,11H,3,6H2,1-2H3. The third-order valence-electron chi connectivity index (χ3n) is 2.01. The van der Waals surface area contributed by atoms with Gasteiger partial charge in [0.2, 0.25) is 0 Å². The molecule has 0 N–H and O–H groups in total. The van der Waals surface area contributed by atoms with Crippen molar-refractivity contribution in [2.75, 3.05) is 13.7 Å². The lowest BCUT2D eigenvalue weighted by atomic mass is 10.2. The molecular weight excluding hydrogens is 232 g/mol. The summed E-state index contributed by atoms with van der Waals surface area (Å²) in [6, 6.07) is 2.53. The molecule has 0 bridgehead atoms. The van der Waals surface area contributed by atoms with Crippen molar-refractivity contribution >= 4 is 5.97 Å². The summed E-state index contributed by atoms with van der Waals surface area (Å²) in [6.45, 7) is 1.90. The number of carbonyl (C=O) groups excluding carboxylic acids is 1. The van der Waals surface area contributed by atoms with Crippen LogP contribution >= 0.6 is 0 Å². The summed E-state index contributed by atoms with van der Waals surface area (Å²) < 4.78 is 34.6. The van der Waals surface area contributed by atoms with E-state index in [0.29, 0.717) is 5.75 Å². The van der Waals surface area contributed by atoms with Gasteiger partial charge >= 0.3 is 5.97 Å². The molecule has 0 saturated heterocycles. The Hall–Kier alpha value is -1.72. The molecule has 1 aromatic heterocycles. The highest BCUT2D eigenvalue weighted by Gasteiger charge is 2.15. The Morgan fingerprint density at radius 3 is 2.71 bits per heavy atom. The number of halogens is 2. The number of alkyl halides is 2. The van der Waals surface area contributed by atoms with Crippen LogP contribution in [0.15, 0.2) is 12.1 Å². The molecular formula is C11H13F2NO3. The fraction of sp³-hybridized carbons (Fsp3) is 0.455. The van der Waals surface area contributed by atoms with Gasteiger partial charge in [0.1, 0.15) is 11.4 Å². The molecule has 1 heterocycles. The zero-order valence-corrected chi connectivity index (χ0v) is 9.57. The Bertz CT molecular complexity index is 396. The highest BCUT2D eigenvalue weighted by Crippen LogP contribution is 2.23. The van der Waals surface area contributed by atoms with Crippen LogP contribution in [0.25, 0.3) is 0 Å². The van der Waals surface area contributed by atoms with E-state index in [4.69, 9.17) is 9.47 Å². The second kappa shape index (κ2) is 6.12. The first-order valence-corrected chi connectivity index (χ1v) is 5.06. The van der Waals surface area contributed by atoms with Crippen molar-refractivity contribution in [3.8, 4) is 5.75 Å². The highest BCUT2D eigenvalue weighted by atomic mass is 19.3. The van der Waals surface area contributed by atoms with Crippen LogP contribution in [0.5, 0.6) is 5.75 Å². The van der Waals surface area contributed by atoms with Gasteiger partial charge in [0.05, 0.1) is 25.8 Å². The second-order valence-corrected chi connectivity index (χ2v) is 3.17. The summed E-state index contributed by atoms with van der Waals surface area (Å²) >= 11 is 0. The zero-order chi connectivity index (χ0) is 12.8. The van der Waals surface area contributed by atoms with Crippen LogP contribution in [0.1, 0.15) is 24.7 Å². The van der Waals surface area contributed by atoms with Crippen LogP contribution < -0.4 is 4.74 Å². The molecule has 0 aliphatic heterocycles. The third kappa shape index (κ3) is 3.65. The molecule has 1 aromatic rings. The van der Waals surface area contributed by atoms with E-state index in [-0.39, 0.29) is 24.4 Å². The lowest BCUT2D eigenvalue weighted by Crippen LogP contribution is -2.11. The number of ether oxygens (including phenoxy) is 2. The second-order valence-electron chi connectivity index (χ2n) is 3.17. The number of pyridine rings is 1. The van der Waals surface area contributed by atoms with Crippen molar-refractivity contribution in [1.82, 2.24) is 4.98 Å². The van der Waals surface area contributed by atoms with Gasteiger partial charge in [-0.05, 0) is 19.1 Å². The molecule has 0 saturated carbocycles. The largest absolute Gasteiger partial charge is 0.495 e. The summed E-state index contributed by atoms with van der Waals surface area (Å²) in [6.07, 6.45) is -2.86. The van der Waals surface area contributed by atoms with E-state index in [1.807, 2.05) is 0 Å². The van der Waals surface area contributed by atoms with Crippen molar-refractivity contribution in [3.05, 3.63) is 23.5 Å². The van der Waals surface area contributed by atoms with Crippen molar-refractivity contribution in [2.45, 2.75) is 19.8 Å². The first-order chi connectivity index (χ1) is 8.08. The number of rotatable bonds is 5. The van der Waals surface area contributed by atoms with Gasteiger partial charge in [-0.25, -0.2) is 13.8 Å². The van der Waals surface area contributed by atoms with Gasteiger partial charge in [0.15, 0.2) is 0 Å². The molecule has 0 aliphatic carbocycles. The number of hydrogen-bond donors (Lipinski definition) is 0. The van der Waals surface area contributed by atoms with Crippen LogP contribution in [0.3, 0.4) is 0 Å². The number of nitrogens with zero attached hydrogens (tertiary/aromatic N) is 1. The Morgan fingerprint density at radius 2 is 2.18 bits per heavy atom. The maximum absolute atomic E-state index is 12.4. The Balaban J connectivity index is 2.93. The van der Waals surface area contributed by atoms with E-state index in [1.165, 1.54) is 13.2 Å². The van der Waals surface area contributed by atoms with E-state index >= 15 is 0 Å². The lowest BCUT2D eigenvalue weighted by Gasteiger charge is -2.09. The normalized spacial score (nSPS) is 10.4. The molecule has 0 aliphatic rings. The molecule has 94 valence electrons. The number of esters is 1. The fourth-order valence-electron chi connectivity index (χ4n) is 1.29. The molecule has 6 heteroatoms. The molecule has 0 spiro atoms. The lowest BCUT2D eigenvalue weighted by molar-refractivity contribution is -0.142. The number of aromatic nitrogens is 1. The first kappa shape index (κ1) is 13.3. The maximum Gasteiger partial charge on any atom is 0.312 e. The van der Waals surface area contributed by atoms with E-state index in [0.717, 1.165) is 6.07 Å². The topological polar surface area (TPSA) is 48.4 Å². The van der Waals surface area contributed by atoms with Gasteiger partial charge in [-0.2, -0.15) is 0 Å². The highest BCUT2D eigenvalue weighted by molar-refractivity contribution is 5.72.